The highest BCUT2D eigenvalue weighted by molar-refractivity contribution is 7.47. The van der Waals surface area contributed by atoms with Gasteiger partial charge >= 0.3 is 39.5 Å². The van der Waals surface area contributed by atoms with Crippen LogP contribution in [0.1, 0.15) is 388 Å². The van der Waals surface area contributed by atoms with Crippen LogP contribution in [0.3, 0.4) is 0 Å². The maximum absolute atomic E-state index is 13.1. The van der Waals surface area contributed by atoms with E-state index in [9.17, 15) is 43.2 Å². The average molecular weight is 1380 g/mol. The van der Waals surface area contributed by atoms with Crippen molar-refractivity contribution >= 4 is 39.5 Å². The summed E-state index contributed by atoms with van der Waals surface area (Å²) < 4.78 is 68.4. The van der Waals surface area contributed by atoms with Crippen molar-refractivity contribution < 1.29 is 80.2 Å². The number of rotatable bonds is 74. The molecule has 0 heterocycles. The van der Waals surface area contributed by atoms with Gasteiger partial charge in [0.25, 0.3) is 0 Å². The third-order valence-electron chi connectivity index (χ3n) is 17.5. The quantitative estimate of drug-likeness (QED) is 0.0222. The Bertz CT molecular complexity index is 1820. The molecule has 19 heteroatoms. The van der Waals surface area contributed by atoms with Gasteiger partial charge in [0, 0.05) is 25.7 Å². The third kappa shape index (κ3) is 68.6. The van der Waals surface area contributed by atoms with Crippen molar-refractivity contribution in [3.05, 3.63) is 0 Å². The van der Waals surface area contributed by atoms with Gasteiger partial charge in [0.2, 0.25) is 0 Å². The molecule has 0 fully saturated rings. The maximum atomic E-state index is 13.1. The van der Waals surface area contributed by atoms with Gasteiger partial charge in [0.15, 0.2) is 12.2 Å². The van der Waals surface area contributed by atoms with Crippen LogP contribution in [0.25, 0.3) is 0 Å². The normalized spacial score (nSPS) is 14.0. The number of unbranched alkanes of at least 4 members (excludes halogenated alkanes) is 44. The Morgan fingerprint density at radius 3 is 0.723 bits per heavy atom. The molecule has 0 rings (SSSR count). The predicted octanol–water partition coefficient (Wildman–Crippen LogP) is 21.9. The minimum absolute atomic E-state index is 0.106. The molecule has 0 aromatic rings. The van der Waals surface area contributed by atoms with E-state index < -0.39 is 97.5 Å². The van der Waals surface area contributed by atoms with Gasteiger partial charge in [-0.05, 0) is 37.5 Å². The number of phosphoric ester groups is 2. The smallest absolute Gasteiger partial charge is 0.462 e. The van der Waals surface area contributed by atoms with Crippen molar-refractivity contribution in [2.24, 2.45) is 11.8 Å². The van der Waals surface area contributed by atoms with E-state index in [0.29, 0.717) is 25.7 Å². The van der Waals surface area contributed by atoms with Gasteiger partial charge in [0.05, 0.1) is 26.4 Å². The number of carbonyl (C=O) groups is 4. The van der Waals surface area contributed by atoms with Crippen LogP contribution in [0.4, 0.5) is 0 Å². The first-order chi connectivity index (χ1) is 45.4. The number of phosphoric acid groups is 2. The second-order valence-corrected chi connectivity index (χ2v) is 30.9. The number of ether oxygens (including phenoxy) is 4. The first kappa shape index (κ1) is 92.1. The molecule has 0 saturated heterocycles. The fourth-order valence-corrected chi connectivity index (χ4v) is 13.1. The molecular weight excluding hydrogens is 1230 g/mol. The number of aliphatic hydroxyl groups excluding tert-OH is 1. The largest absolute Gasteiger partial charge is 0.472 e. The van der Waals surface area contributed by atoms with Crippen LogP contribution in [-0.2, 0) is 65.4 Å². The van der Waals surface area contributed by atoms with E-state index >= 15 is 0 Å². The molecule has 17 nitrogen and oxygen atoms in total. The minimum Gasteiger partial charge on any atom is -0.462 e. The SMILES string of the molecule is CCCCCCCCCCCCCCCCCCCCCCCC(=O)O[C@H](COC(=O)CCCCCCCCCCCCC(C)C)COP(=O)(O)OC[C@@H](O)COP(=O)(O)OC[C@@H](COC(=O)CCCCCCCCC)OC(=O)CCCCCCCCCCCCC(C)C. The summed E-state index contributed by atoms with van der Waals surface area (Å²) in [7, 11) is -9.90. The summed E-state index contributed by atoms with van der Waals surface area (Å²) in [5.41, 5.74) is 0. The van der Waals surface area contributed by atoms with Crippen LogP contribution in [0, 0.1) is 11.8 Å². The van der Waals surface area contributed by atoms with E-state index in [0.717, 1.165) is 115 Å². The molecule has 0 aromatic carbocycles. The average Bonchev–Trinajstić information content (AvgIpc) is 1.79. The van der Waals surface area contributed by atoms with E-state index in [1.165, 1.54) is 193 Å². The molecule has 0 aromatic heterocycles. The second kappa shape index (κ2) is 66.9. The van der Waals surface area contributed by atoms with E-state index in [-0.39, 0.29) is 25.7 Å². The Labute approximate surface area is 575 Å². The number of carbonyl (C=O) groups excluding carboxylic acids is 4. The monoisotopic (exact) mass is 1380 g/mol. The number of esters is 4. The molecule has 0 bridgehead atoms. The van der Waals surface area contributed by atoms with E-state index in [1.807, 2.05) is 0 Å². The molecule has 0 amide bonds. The highest BCUT2D eigenvalue weighted by Crippen LogP contribution is 2.45. The number of hydrogen-bond donors (Lipinski definition) is 3. The third-order valence-corrected chi connectivity index (χ3v) is 19.4. The van der Waals surface area contributed by atoms with Gasteiger partial charge in [0.1, 0.15) is 19.3 Å². The van der Waals surface area contributed by atoms with Crippen LogP contribution in [0.5, 0.6) is 0 Å². The van der Waals surface area contributed by atoms with Crippen molar-refractivity contribution in [2.45, 2.75) is 407 Å². The van der Waals surface area contributed by atoms with Gasteiger partial charge in [-0.25, -0.2) is 9.13 Å². The highest BCUT2D eigenvalue weighted by Gasteiger charge is 2.30. The lowest BCUT2D eigenvalue weighted by Gasteiger charge is -2.21. The zero-order chi connectivity index (χ0) is 69.3. The van der Waals surface area contributed by atoms with Crippen molar-refractivity contribution in [2.75, 3.05) is 39.6 Å². The Morgan fingerprint density at radius 1 is 0.287 bits per heavy atom. The van der Waals surface area contributed by atoms with Gasteiger partial charge in [-0.3, -0.25) is 37.3 Å². The van der Waals surface area contributed by atoms with Gasteiger partial charge < -0.3 is 33.8 Å². The van der Waals surface area contributed by atoms with Crippen LogP contribution >= 0.6 is 15.6 Å². The molecule has 558 valence electrons. The number of hydrogen-bond acceptors (Lipinski definition) is 15. The fraction of sp³-hybridized carbons (Fsp3) is 0.947. The van der Waals surface area contributed by atoms with Crippen molar-refractivity contribution in [3.63, 3.8) is 0 Å². The lowest BCUT2D eigenvalue weighted by atomic mass is 10.0. The zero-order valence-electron chi connectivity index (χ0n) is 61.3. The number of aliphatic hydroxyl groups is 1. The summed E-state index contributed by atoms with van der Waals surface area (Å²) in [6.07, 6.45) is 54.4. The van der Waals surface area contributed by atoms with Gasteiger partial charge in [-0.1, -0.05) is 337 Å². The summed E-state index contributed by atoms with van der Waals surface area (Å²) in [6.45, 7) is 9.52. The fourth-order valence-electron chi connectivity index (χ4n) is 11.5. The minimum atomic E-state index is -4.96. The first-order valence-corrected chi connectivity index (χ1v) is 42.0. The van der Waals surface area contributed by atoms with Crippen LogP contribution in [-0.4, -0.2) is 96.7 Å². The first-order valence-electron chi connectivity index (χ1n) is 39.0. The maximum Gasteiger partial charge on any atom is 0.472 e. The lowest BCUT2D eigenvalue weighted by Crippen LogP contribution is -2.30. The summed E-state index contributed by atoms with van der Waals surface area (Å²) in [5, 5.41) is 10.6. The van der Waals surface area contributed by atoms with E-state index in [1.54, 1.807) is 0 Å². The lowest BCUT2D eigenvalue weighted by molar-refractivity contribution is -0.161. The predicted molar refractivity (Wildman–Crippen MR) is 381 cm³/mol. The van der Waals surface area contributed by atoms with Gasteiger partial charge in [-0.2, -0.15) is 0 Å². The molecule has 0 spiro atoms. The Balaban J connectivity index is 5.16. The zero-order valence-corrected chi connectivity index (χ0v) is 63.1. The van der Waals surface area contributed by atoms with E-state index in [4.69, 9.17) is 37.0 Å². The van der Waals surface area contributed by atoms with Crippen LogP contribution in [0.15, 0.2) is 0 Å². The summed E-state index contributed by atoms with van der Waals surface area (Å²) in [6, 6.07) is 0. The molecule has 0 saturated carbocycles. The molecule has 0 aliphatic heterocycles. The molecule has 2 unspecified atom stereocenters. The Morgan fingerprint density at radius 2 is 0.489 bits per heavy atom. The van der Waals surface area contributed by atoms with Crippen molar-refractivity contribution in [1.82, 2.24) is 0 Å². The molecule has 0 aliphatic carbocycles. The molecule has 5 atom stereocenters. The molecule has 94 heavy (non-hydrogen) atoms. The standard InChI is InChI=1S/C75H146O17P2/c1-7-9-11-13-15-16-17-18-19-20-21-22-23-24-25-26-27-35-41-47-53-59-74(79)92-71(64-86-73(78)58-52-46-40-34-30-28-32-38-43-49-55-67(3)4)66-90-94(83,84)88-62-69(76)61-87-93(81,82)89-65-70(63-85-72(77)57-51-45-37-14-12-10-8-2)91-75(80)60-54-48-42-36-31-29-33-39-44-50-56-68(5)6/h67-71,76H,7-66H2,1-6H3,(H,81,82)(H,83,84)/t69-,70+,71+/m0/s1. The summed E-state index contributed by atoms with van der Waals surface area (Å²) in [5.74, 6) is -0.612. The summed E-state index contributed by atoms with van der Waals surface area (Å²) in [4.78, 5) is 72.6. The van der Waals surface area contributed by atoms with Crippen molar-refractivity contribution in [1.29, 1.82) is 0 Å². The molecule has 3 N–H and O–H groups in total. The van der Waals surface area contributed by atoms with Crippen LogP contribution < -0.4 is 0 Å². The molecule has 0 aliphatic rings. The van der Waals surface area contributed by atoms with Crippen molar-refractivity contribution in [3.8, 4) is 0 Å². The topological polar surface area (TPSA) is 237 Å². The Kier molecular flexibility index (Phi) is 65.5. The van der Waals surface area contributed by atoms with Crippen LogP contribution in [0.2, 0.25) is 0 Å². The highest BCUT2D eigenvalue weighted by atomic mass is 31.2. The van der Waals surface area contributed by atoms with E-state index in [2.05, 4.69) is 41.5 Å². The Hall–Kier alpha value is -1.94. The van der Waals surface area contributed by atoms with Gasteiger partial charge in [-0.15, -0.1) is 0 Å². The molecule has 0 radical (unpaired) electrons. The second-order valence-electron chi connectivity index (χ2n) is 28.0. The summed E-state index contributed by atoms with van der Waals surface area (Å²) >= 11 is 0. The molecular formula is C75H146O17P2.